The van der Waals surface area contributed by atoms with E-state index in [1.165, 1.54) is 340 Å². The van der Waals surface area contributed by atoms with Crippen LogP contribution in [0, 0.1) is 0 Å². The number of likely N-dealkylation sites (N-methyl/N-ethyl adjacent to an activating group) is 1. The molecule has 3 unspecified atom stereocenters. The maximum atomic E-state index is 13.1. The first-order chi connectivity index (χ1) is 40.5. The zero-order chi connectivity index (χ0) is 60.5. The van der Waals surface area contributed by atoms with Crippen molar-refractivity contribution in [1.29, 1.82) is 0 Å². The first kappa shape index (κ1) is 82.0. The van der Waals surface area contributed by atoms with Crippen LogP contribution < -0.4 is 5.32 Å². The Morgan fingerprint density at radius 2 is 0.651 bits per heavy atom. The number of hydrogen-bond donors (Lipinski definition) is 3. The summed E-state index contributed by atoms with van der Waals surface area (Å²) in [5.41, 5.74) is 0. The highest BCUT2D eigenvalue weighted by atomic mass is 31.2. The molecular formula is C74H148N2O6P+. The van der Waals surface area contributed by atoms with E-state index in [2.05, 4.69) is 31.3 Å². The summed E-state index contributed by atoms with van der Waals surface area (Å²) in [5.74, 6) is -0.168. The Hall–Kier alpha value is -1.02. The van der Waals surface area contributed by atoms with Crippen LogP contribution in [0.25, 0.3) is 0 Å². The van der Waals surface area contributed by atoms with Gasteiger partial charge in [-0.15, -0.1) is 0 Å². The first-order valence-corrected chi connectivity index (χ1v) is 38.7. The average molecular weight is 1190 g/mol. The van der Waals surface area contributed by atoms with Crippen LogP contribution >= 0.6 is 7.82 Å². The normalized spacial score (nSPS) is 13.7. The van der Waals surface area contributed by atoms with Crippen molar-refractivity contribution < 1.29 is 32.9 Å². The molecule has 0 aliphatic carbocycles. The fourth-order valence-corrected chi connectivity index (χ4v) is 12.4. The molecule has 9 heteroatoms. The summed E-state index contributed by atoms with van der Waals surface area (Å²) in [5, 5.41) is 14.0. The number of nitrogens with zero attached hydrogens (tertiary/aromatic N) is 1. The van der Waals surface area contributed by atoms with Crippen LogP contribution in [0.15, 0.2) is 24.3 Å². The molecule has 0 aliphatic heterocycles. The Balaban J connectivity index is 3.96. The van der Waals surface area contributed by atoms with Crippen molar-refractivity contribution in [3.8, 4) is 0 Å². The van der Waals surface area contributed by atoms with Gasteiger partial charge >= 0.3 is 7.82 Å². The van der Waals surface area contributed by atoms with Crippen LogP contribution in [0.4, 0.5) is 0 Å². The minimum absolute atomic E-state index is 0.0643. The van der Waals surface area contributed by atoms with Crippen molar-refractivity contribution in [3.05, 3.63) is 24.3 Å². The number of phosphoric acid groups is 1. The second kappa shape index (κ2) is 65.4. The van der Waals surface area contributed by atoms with E-state index in [1.54, 1.807) is 6.08 Å². The lowest BCUT2D eigenvalue weighted by Crippen LogP contribution is -2.45. The van der Waals surface area contributed by atoms with Gasteiger partial charge in [-0.2, -0.15) is 0 Å². The maximum absolute atomic E-state index is 13.1. The van der Waals surface area contributed by atoms with Gasteiger partial charge in [0, 0.05) is 6.42 Å². The van der Waals surface area contributed by atoms with Gasteiger partial charge in [0.1, 0.15) is 13.2 Å². The SMILES string of the molecule is CCCCCCCCCCCCCCCCCC/C=C\CCCCCCCCCCCCCCCCCCCC(=O)NC(COP(=O)(O)OCC[N+](C)(C)C)C(O)/C=C/CCCCCCCCCCCCCCCCCCCCCCCC. The molecule has 0 rings (SSSR count). The number of nitrogens with one attached hydrogen (secondary N) is 1. The Morgan fingerprint density at radius 3 is 0.928 bits per heavy atom. The molecule has 0 aromatic carbocycles. The predicted molar refractivity (Wildman–Crippen MR) is 365 cm³/mol. The van der Waals surface area contributed by atoms with Crippen LogP contribution in [-0.2, 0) is 18.4 Å². The lowest BCUT2D eigenvalue weighted by molar-refractivity contribution is -0.870. The highest BCUT2D eigenvalue weighted by Crippen LogP contribution is 2.43. The molecule has 0 radical (unpaired) electrons. The number of hydrogen-bond acceptors (Lipinski definition) is 5. The van der Waals surface area contributed by atoms with Crippen molar-refractivity contribution in [2.45, 2.75) is 405 Å². The molecule has 3 atom stereocenters. The number of unbranched alkanes of at least 4 members (excludes halogenated alkanes) is 55. The van der Waals surface area contributed by atoms with Crippen molar-refractivity contribution >= 4 is 13.7 Å². The van der Waals surface area contributed by atoms with Crippen molar-refractivity contribution in [3.63, 3.8) is 0 Å². The van der Waals surface area contributed by atoms with Gasteiger partial charge in [0.05, 0.1) is 39.9 Å². The fraction of sp³-hybridized carbons (Fsp3) is 0.932. The molecule has 0 heterocycles. The zero-order valence-electron chi connectivity index (χ0n) is 56.7. The first-order valence-electron chi connectivity index (χ1n) is 37.2. The van der Waals surface area contributed by atoms with E-state index in [0.717, 1.165) is 32.1 Å². The Labute approximate surface area is 519 Å². The molecule has 83 heavy (non-hydrogen) atoms. The Bertz CT molecular complexity index is 1400. The second-order valence-electron chi connectivity index (χ2n) is 27.0. The van der Waals surface area contributed by atoms with Crippen molar-refractivity contribution in [2.75, 3.05) is 40.9 Å². The predicted octanol–water partition coefficient (Wildman–Crippen LogP) is 23.8. The van der Waals surface area contributed by atoms with Crippen molar-refractivity contribution in [2.24, 2.45) is 0 Å². The minimum atomic E-state index is -4.35. The van der Waals surface area contributed by atoms with Gasteiger partial charge in [0.15, 0.2) is 0 Å². The largest absolute Gasteiger partial charge is 0.472 e. The Kier molecular flexibility index (Phi) is 64.6. The number of allylic oxidation sites excluding steroid dienone is 3. The van der Waals surface area contributed by atoms with Gasteiger partial charge in [0.2, 0.25) is 5.91 Å². The molecule has 0 bridgehead atoms. The third kappa shape index (κ3) is 68.3. The highest BCUT2D eigenvalue weighted by molar-refractivity contribution is 7.47. The van der Waals surface area contributed by atoms with E-state index in [9.17, 15) is 19.4 Å². The number of aliphatic hydroxyl groups excluding tert-OH is 1. The minimum Gasteiger partial charge on any atom is -0.387 e. The molecule has 1 amide bonds. The van der Waals surface area contributed by atoms with Gasteiger partial charge < -0.3 is 19.8 Å². The van der Waals surface area contributed by atoms with Gasteiger partial charge in [-0.05, 0) is 44.9 Å². The van der Waals surface area contributed by atoms with E-state index in [4.69, 9.17) is 9.05 Å². The number of phosphoric ester groups is 1. The monoisotopic (exact) mass is 1190 g/mol. The van der Waals surface area contributed by atoms with Gasteiger partial charge in [-0.3, -0.25) is 13.8 Å². The number of carbonyl (C=O) groups excluding carboxylic acids is 1. The number of aliphatic hydroxyl groups is 1. The number of rotatable bonds is 70. The lowest BCUT2D eigenvalue weighted by Gasteiger charge is -2.25. The van der Waals surface area contributed by atoms with E-state index in [-0.39, 0.29) is 19.1 Å². The fourth-order valence-electron chi connectivity index (χ4n) is 11.6. The molecule has 0 aromatic heterocycles. The van der Waals surface area contributed by atoms with Gasteiger partial charge in [-0.1, -0.05) is 366 Å². The summed E-state index contributed by atoms with van der Waals surface area (Å²) >= 11 is 0. The summed E-state index contributed by atoms with van der Waals surface area (Å²) in [4.78, 5) is 23.4. The van der Waals surface area contributed by atoms with E-state index in [0.29, 0.717) is 17.4 Å². The van der Waals surface area contributed by atoms with Crippen LogP contribution in [-0.4, -0.2) is 73.4 Å². The zero-order valence-corrected chi connectivity index (χ0v) is 57.6. The van der Waals surface area contributed by atoms with Gasteiger partial charge in [-0.25, -0.2) is 4.57 Å². The lowest BCUT2D eigenvalue weighted by atomic mass is 10.0. The van der Waals surface area contributed by atoms with Gasteiger partial charge in [0.25, 0.3) is 0 Å². The third-order valence-electron chi connectivity index (χ3n) is 17.4. The summed E-state index contributed by atoms with van der Waals surface area (Å²) in [6, 6.07) is -0.846. The maximum Gasteiger partial charge on any atom is 0.472 e. The molecule has 494 valence electrons. The number of amides is 1. The van der Waals surface area contributed by atoms with Crippen LogP contribution in [0.1, 0.15) is 393 Å². The molecule has 3 N–H and O–H groups in total. The molecule has 0 aromatic rings. The molecule has 0 spiro atoms. The summed E-state index contributed by atoms with van der Waals surface area (Å²) < 4.78 is 23.8. The molecule has 0 saturated heterocycles. The molecular weight excluding hydrogens is 1040 g/mol. The molecule has 0 saturated carbocycles. The molecule has 0 aliphatic rings. The Morgan fingerprint density at radius 1 is 0.398 bits per heavy atom. The van der Waals surface area contributed by atoms with E-state index < -0.39 is 20.0 Å². The molecule has 0 fully saturated rings. The van der Waals surface area contributed by atoms with Crippen LogP contribution in [0.3, 0.4) is 0 Å². The second-order valence-corrected chi connectivity index (χ2v) is 28.5. The average Bonchev–Trinajstić information content (AvgIpc) is 3.50. The quantitative estimate of drug-likeness (QED) is 0.0243. The summed E-state index contributed by atoms with van der Waals surface area (Å²) in [6.45, 7) is 4.89. The van der Waals surface area contributed by atoms with Crippen LogP contribution in [0.2, 0.25) is 0 Å². The number of quaternary nitrogens is 1. The smallest absolute Gasteiger partial charge is 0.387 e. The highest BCUT2D eigenvalue weighted by Gasteiger charge is 2.28. The standard InChI is InChI=1S/C74H147N2O6P/c1-6-8-10-12-14-16-18-20-22-24-26-28-30-32-33-34-35-36-37-38-39-40-41-42-43-44-46-48-50-52-54-56-58-60-62-64-66-68-74(78)75-72(71-82-83(79,80)81-70-69-76(3,4)5)73(77)67-65-63-61-59-57-55-53-51-49-47-45-31-29-27-25-23-21-19-17-15-13-11-9-7-2/h36-37,65,67,72-73,77H,6-35,38-64,66,68-71H2,1-5H3,(H-,75,78,79,80)/p+1/b37-36-,67-65+. The summed E-state index contributed by atoms with van der Waals surface area (Å²) in [6.07, 6.45) is 86.4. The van der Waals surface area contributed by atoms with Crippen LogP contribution in [0.5, 0.6) is 0 Å². The van der Waals surface area contributed by atoms with Crippen molar-refractivity contribution in [1.82, 2.24) is 5.32 Å². The molecule has 8 nitrogen and oxygen atoms in total. The topological polar surface area (TPSA) is 105 Å². The third-order valence-corrected chi connectivity index (χ3v) is 18.4. The van der Waals surface area contributed by atoms with E-state index >= 15 is 0 Å². The number of carbonyl (C=O) groups is 1. The summed E-state index contributed by atoms with van der Waals surface area (Å²) in [7, 11) is 1.59. The van der Waals surface area contributed by atoms with E-state index in [1.807, 2.05) is 27.2 Å².